The lowest BCUT2D eigenvalue weighted by atomic mass is 10.2. The van der Waals surface area contributed by atoms with Crippen LogP contribution in [0, 0.1) is 0 Å². The van der Waals surface area contributed by atoms with Crippen LogP contribution in [0.3, 0.4) is 0 Å². The van der Waals surface area contributed by atoms with Gasteiger partial charge in [0.05, 0.1) is 0 Å². The Kier molecular flexibility index (Phi) is 2.40. The fraction of sp³-hybridized carbons (Fsp3) is 0.333. The third-order valence-corrected chi connectivity index (χ3v) is 2.94. The Morgan fingerprint density at radius 1 is 1.33 bits per heavy atom. The van der Waals surface area contributed by atoms with Gasteiger partial charge in [0.1, 0.15) is 5.75 Å². The smallest absolute Gasteiger partial charge is 0.116 e. The van der Waals surface area contributed by atoms with Crippen LogP contribution in [-0.2, 0) is 7.05 Å². The van der Waals surface area contributed by atoms with Gasteiger partial charge in [0, 0.05) is 29.7 Å². The van der Waals surface area contributed by atoms with Crippen molar-refractivity contribution in [1.29, 1.82) is 0 Å². The molecular weight excluding hydrogens is 188 g/mol. The summed E-state index contributed by atoms with van der Waals surface area (Å²) in [5.74, 6) is 0.316. The van der Waals surface area contributed by atoms with Gasteiger partial charge in [0.25, 0.3) is 0 Å². The highest BCUT2D eigenvalue weighted by Gasteiger charge is 2.10. The molecule has 0 fully saturated rings. The van der Waals surface area contributed by atoms with Crippen molar-refractivity contribution in [3.63, 3.8) is 0 Å². The van der Waals surface area contributed by atoms with Gasteiger partial charge in [-0.05, 0) is 38.2 Å². The third-order valence-electron chi connectivity index (χ3n) is 2.94. The van der Waals surface area contributed by atoms with Gasteiger partial charge >= 0.3 is 0 Å². The Labute approximate surface area is 89.3 Å². The van der Waals surface area contributed by atoms with Crippen LogP contribution in [-0.4, -0.2) is 16.7 Å². The van der Waals surface area contributed by atoms with E-state index in [4.69, 9.17) is 0 Å². The maximum absolute atomic E-state index is 9.40. The monoisotopic (exact) mass is 204 g/mol. The van der Waals surface area contributed by atoms with Gasteiger partial charge in [-0.2, -0.15) is 0 Å². The first-order valence-electron chi connectivity index (χ1n) is 5.09. The molecule has 2 rings (SSSR count). The third kappa shape index (κ3) is 1.59. The summed E-state index contributed by atoms with van der Waals surface area (Å²) in [6.07, 6.45) is 0. The van der Waals surface area contributed by atoms with E-state index in [1.165, 1.54) is 5.69 Å². The van der Waals surface area contributed by atoms with E-state index < -0.39 is 0 Å². The van der Waals surface area contributed by atoms with Gasteiger partial charge in [-0.3, -0.25) is 0 Å². The lowest BCUT2D eigenvalue weighted by molar-refractivity contribution is 0.476. The lowest BCUT2D eigenvalue weighted by Gasteiger charge is -2.11. The number of fused-ring (bicyclic) bond motifs is 1. The molecule has 0 saturated carbocycles. The van der Waals surface area contributed by atoms with Crippen LogP contribution in [0.15, 0.2) is 24.3 Å². The Bertz CT molecular complexity index is 488. The number of rotatable bonds is 2. The summed E-state index contributed by atoms with van der Waals surface area (Å²) >= 11 is 0. The number of hydrogen-bond acceptors (Lipinski definition) is 2. The first-order chi connectivity index (χ1) is 7.13. The molecule has 1 atom stereocenters. The van der Waals surface area contributed by atoms with Gasteiger partial charge in [-0.25, -0.2) is 0 Å². The molecule has 2 N–H and O–H groups in total. The zero-order chi connectivity index (χ0) is 11.0. The highest BCUT2D eigenvalue weighted by atomic mass is 16.3. The Hall–Kier alpha value is -1.48. The predicted molar refractivity (Wildman–Crippen MR) is 62.1 cm³/mol. The molecule has 1 heterocycles. The number of aromatic hydroxyl groups is 1. The van der Waals surface area contributed by atoms with Gasteiger partial charge in [-0.1, -0.05) is 0 Å². The molecule has 0 amide bonds. The summed E-state index contributed by atoms with van der Waals surface area (Å²) < 4.78 is 2.15. The highest BCUT2D eigenvalue weighted by Crippen LogP contribution is 2.25. The van der Waals surface area contributed by atoms with E-state index in [0.717, 1.165) is 10.9 Å². The highest BCUT2D eigenvalue weighted by molar-refractivity contribution is 5.82. The van der Waals surface area contributed by atoms with E-state index >= 15 is 0 Å². The van der Waals surface area contributed by atoms with E-state index in [2.05, 4.69) is 22.9 Å². The van der Waals surface area contributed by atoms with Crippen molar-refractivity contribution in [3.05, 3.63) is 30.0 Å². The maximum atomic E-state index is 9.40. The molecule has 1 aromatic heterocycles. The molecule has 80 valence electrons. The van der Waals surface area contributed by atoms with Gasteiger partial charge in [0.2, 0.25) is 0 Å². The second-order valence-electron chi connectivity index (χ2n) is 3.88. The van der Waals surface area contributed by atoms with Crippen molar-refractivity contribution < 1.29 is 5.11 Å². The molecule has 1 unspecified atom stereocenters. The number of phenols is 1. The van der Waals surface area contributed by atoms with Crippen molar-refractivity contribution in [2.75, 3.05) is 7.05 Å². The van der Waals surface area contributed by atoms with Gasteiger partial charge in [0.15, 0.2) is 0 Å². The molecule has 15 heavy (non-hydrogen) atoms. The summed E-state index contributed by atoms with van der Waals surface area (Å²) in [6.45, 7) is 2.12. The number of nitrogens with one attached hydrogen (secondary N) is 1. The quantitative estimate of drug-likeness (QED) is 0.786. The number of nitrogens with zero attached hydrogens (tertiary/aromatic N) is 1. The van der Waals surface area contributed by atoms with Crippen LogP contribution in [0.4, 0.5) is 0 Å². The topological polar surface area (TPSA) is 37.2 Å². The van der Waals surface area contributed by atoms with Gasteiger partial charge < -0.3 is 15.0 Å². The predicted octanol–water partition coefficient (Wildman–Crippen LogP) is 2.16. The fourth-order valence-corrected chi connectivity index (χ4v) is 1.92. The van der Waals surface area contributed by atoms with Crippen molar-refractivity contribution in [2.45, 2.75) is 13.0 Å². The number of phenolic OH excluding ortho intramolecular Hbond substituents is 1. The van der Waals surface area contributed by atoms with Crippen LogP contribution >= 0.6 is 0 Å². The van der Waals surface area contributed by atoms with Crippen molar-refractivity contribution in [2.24, 2.45) is 7.05 Å². The van der Waals surface area contributed by atoms with E-state index in [1.807, 2.05) is 20.2 Å². The first-order valence-corrected chi connectivity index (χ1v) is 5.09. The summed E-state index contributed by atoms with van der Waals surface area (Å²) in [7, 11) is 3.99. The molecule has 0 aliphatic carbocycles. The molecule has 3 heteroatoms. The summed E-state index contributed by atoms with van der Waals surface area (Å²) in [6, 6.07) is 7.87. The maximum Gasteiger partial charge on any atom is 0.116 e. The number of aromatic nitrogens is 1. The molecule has 0 bridgehead atoms. The zero-order valence-electron chi connectivity index (χ0n) is 9.28. The number of hydrogen-bond donors (Lipinski definition) is 2. The minimum Gasteiger partial charge on any atom is -0.508 e. The number of benzene rings is 1. The second-order valence-corrected chi connectivity index (χ2v) is 3.88. The standard InChI is InChI=1S/C12H16N2O/c1-8(13-2)12-7-9-6-10(15)4-5-11(9)14(12)3/h4-8,13,15H,1-3H3. The minimum absolute atomic E-state index is 0.310. The molecule has 0 spiro atoms. The molecule has 0 radical (unpaired) electrons. The van der Waals surface area contributed by atoms with E-state index in [1.54, 1.807) is 12.1 Å². The molecule has 1 aromatic carbocycles. The Morgan fingerprint density at radius 3 is 2.73 bits per heavy atom. The van der Waals surface area contributed by atoms with E-state index in [-0.39, 0.29) is 0 Å². The van der Waals surface area contributed by atoms with Crippen molar-refractivity contribution in [3.8, 4) is 5.75 Å². The fourth-order valence-electron chi connectivity index (χ4n) is 1.92. The second kappa shape index (κ2) is 3.59. The molecule has 0 aliphatic rings. The largest absolute Gasteiger partial charge is 0.508 e. The van der Waals surface area contributed by atoms with Crippen LogP contribution in [0.2, 0.25) is 0 Å². The van der Waals surface area contributed by atoms with Crippen molar-refractivity contribution >= 4 is 10.9 Å². The van der Waals surface area contributed by atoms with E-state index in [9.17, 15) is 5.11 Å². The van der Waals surface area contributed by atoms with Crippen LogP contribution < -0.4 is 5.32 Å². The molecular formula is C12H16N2O. The molecule has 2 aromatic rings. The van der Waals surface area contributed by atoms with Crippen molar-refractivity contribution in [1.82, 2.24) is 9.88 Å². The minimum atomic E-state index is 0.310. The number of aryl methyl sites for hydroxylation is 1. The normalized spacial score (nSPS) is 13.3. The molecule has 0 saturated heterocycles. The Balaban J connectivity index is 2.63. The van der Waals surface area contributed by atoms with Crippen LogP contribution in [0.5, 0.6) is 5.75 Å². The SMILES string of the molecule is CNC(C)c1cc2cc(O)ccc2n1C. The average Bonchev–Trinajstić information content (AvgIpc) is 2.54. The van der Waals surface area contributed by atoms with Gasteiger partial charge in [-0.15, -0.1) is 0 Å². The lowest BCUT2D eigenvalue weighted by Crippen LogP contribution is -2.15. The van der Waals surface area contributed by atoms with E-state index in [0.29, 0.717) is 11.8 Å². The zero-order valence-corrected chi connectivity index (χ0v) is 9.28. The first kappa shape index (κ1) is 10.1. The molecule has 3 nitrogen and oxygen atoms in total. The summed E-state index contributed by atoms with van der Waals surface area (Å²) in [5.41, 5.74) is 2.36. The average molecular weight is 204 g/mol. The van der Waals surface area contributed by atoms with Crippen LogP contribution in [0.1, 0.15) is 18.7 Å². The van der Waals surface area contributed by atoms with Crippen LogP contribution in [0.25, 0.3) is 10.9 Å². The Morgan fingerprint density at radius 2 is 2.07 bits per heavy atom. The summed E-state index contributed by atoms with van der Waals surface area (Å²) in [5, 5.41) is 13.7. The summed E-state index contributed by atoms with van der Waals surface area (Å²) in [4.78, 5) is 0. The molecule has 0 aliphatic heterocycles.